The fraction of sp³-hybridized carbons (Fsp3) is 0.200. The van der Waals surface area contributed by atoms with Crippen molar-refractivity contribution in [2.75, 3.05) is 18.6 Å². The molecule has 0 amide bonds. The average Bonchev–Trinajstić information content (AvgIpc) is 3.12. The van der Waals surface area contributed by atoms with Crippen LogP contribution in [0, 0.1) is 12.3 Å². The molecular weight excluding hydrogens is 364 g/mol. The Morgan fingerprint density at radius 2 is 2.00 bits per heavy atom. The lowest BCUT2D eigenvalue weighted by Crippen LogP contribution is -2.27. The highest BCUT2D eigenvalue weighted by molar-refractivity contribution is 6.32. The third kappa shape index (κ3) is 2.73. The molecule has 0 spiro atoms. The number of hydrogen-bond donors (Lipinski definition) is 2. The van der Waals surface area contributed by atoms with E-state index in [9.17, 15) is 5.11 Å². The van der Waals surface area contributed by atoms with Crippen LogP contribution in [0.3, 0.4) is 0 Å². The Morgan fingerprint density at radius 1 is 1.22 bits per heavy atom. The molecule has 138 valence electrons. The first kappa shape index (κ1) is 17.4. The molecule has 1 aliphatic rings. The summed E-state index contributed by atoms with van der Waals surface area (Å²) < 4.78 is 7.14. The monoisotopic (exact) mass is 382 g/mol. The number of methoxy groups -OCH3 is 1. The molecule has 0 saturated carbocycles. The first-order valence-electron chi connectivity index (χ1n) is 8.46. The van der Waals surface area contributed by atoms with Gasteiger partial charge >= 0.3 is 0 Å². The fourth-order valence-electron chi connectivity index (χ4n) is 3.42. The Labute approximate surface area is 161 Å². The predicted octanol–water partition coefficient (Wildman–Crippen LogP) is 4.31. The highest BCUT2D eigenvalue weighted by Gasteiger charge is 2.33. The highest BCUT2D eigenvalue weighted by Crippen LogP contribution is 2.35. The minimum absolute atomic E-state index is 0.116. The van der Waals surface area contributed by atoms with Gasteiger partial charge in [-0.1, -0.05) is 17.7 Å². The molecule has 0 bridgehead atoms. The van der Waals surface area contributed by atoms with Gasteiger partial charge in [0.15, 0.2) is 0 Å². The zero-order valence-corrected chi connectivity index (χ0v) is 16.0. The van der Waals surface area contributed by atoms with Gasteiger partial charge in [0, 0.05) is 23.8 Å². The molecule has 0 fully saturated rings. The number of imidazole rings is 1. The second kappa shape index (κ2) is 6.32. The van der Waals surface area contributed by atoms with Gasteiger partial charge in [0.05, 0.1) is 30.3 Å². The van der Waals surface area contributed by atoms with Crippen LogP contribution in [0.4, 0.5) is 5.69 Å². The minimum atomic E-state index is 0.116. The summed E-state index contributed by atoms with van der Waals surface area (Å²) in [5.74, 6) is 1.57. The van der Waals surface area contributed by atoms with Gasteiger partial charge < -0.3 is 19.3 Å². The van der Waals surface area contributed by atoms with E-state index in [0.717, 1.165) is 22.3 Å². The van der Waals surface area contributed by atoms with Crippen LogP contribution in [0.2, 0.25) is 5.02 Å². The van der Waals surface area contributed by atoms with Crippen LogP contribution in [0.25, 0.3) is 16.6 Å². The Balaban J connectivity index is 1.79. The third-order valence-electron chi connectivity index (χ3n) is 4.88. The van der Waals surface area contributed by atoms with Gasteiger partial charge in [0.25, 0.3) is 0 Å². The molecule has 1 aromatic heterocycles. The van der Waals surface area contributed by atoms with Gasteiger partial charge in [-0.05, 0) is 36.8 Å². The topological polar surface area (TPSA) is 74.4 Å². The number of anilines is 1. The van der Waals surface area contributed by atoms with Crippen molar-refractivity contribution in [2.24, 2.45) is 7.05 Å². The predicted molar refractivity (Wildman–Crippen MR) is 108 cm³/mol. The molecule has 1 aliphatic heterocycles. The number of aryl methyl sites for hydroxylation is 2. The zero-order chi connectivity index (χ0) is 19.3. The van der Waals surface area contributed by atoms with Crippen LogP contribution in [-0.4, -0.2) is 34.1 Å². The smallest absolute Gasteiger partial charge is 0.148 e. The molecule has 7 heteroatoms. The fourth-order valence-corrected chi connectivity index (χ4v) is 3.59. The Morgan fingerprint density at radius 3 is 2.74 bits per heavy atom. The lowest BCUT2D eigenvalue weighted by Gasteiger charge is -2.21. The first-order chi connectivity index (χ1) is 12.9. The van der Waals surface area contributed by atoms with Crippen molar-refractivity contribution < 1.29 is 9.84 Å². The lowest BCUT2D eigenvalue weighted by molar-refractivity contribution is 0.411. The summed E-state index contributed by atoms with van der Waals surface area (Å²) in [7, 11) is 3.48. The average molecular weight is 383 g/mol. The Hall–Kier alpha value is -2.99. The van der Waals surface area contributed by atoms with Crippen molar-refractivity contribution in [3.8, 4) is 5.75 Å². The molecule has 3 aromatic rings. The summed E-state index contributed by atoms with van der Waals surface area (Å²) in [4.78, 5) is 6.39. The number of hydrogen-bond acceptors (Lipinski definition) is 4. The quantitative estimate of drug-likeness (QED) is 0.707. The Kier molecular flexibility index (Phi) is 4.08. The molecule has 2 N–H and O–H groups in total. The molecule has 2 aromatic carbocycles. The SMILES string of the molecule is COc1ccc2c(c1)nc(C1=C(O)CN(c3cc(Cl)ccc3C)C1=N)n2C. The van der Waals surface area contributed by atoms with Crippen LogP contribution in [0.1, 0.15) is 11.4 Å². The molecule has 0 atom stereocenters. The maximum Gasteiger partial charge on any atom is 0.148 e. The summed E-state index contributed by atoms with van der Waals surface area (Å²) in [6.07, 6.45) is 0. The molecule has 6 nitrogen and oxygen atoms in total. The van der Waals surface area contributed by atoms with Crippen LogP contribution in [0.5, 0.6) is 5.75 Å². The number of amidine groups is 1. The van der Waals surface area contributed by atoms with E-state index in [1.165, 1.54) is 0 Å². The second-order valence-corrected chi connectivity index (χ2v) is 6.97. The molecule has 0 radical (unpaired) electrons. The molecule has 0 aliphatic carbocycles. The van der Waals surface area contributed by atoms with Crippen molar-refractivity contribution in [1.29, 1.82) is 5.41 Å². The largest absolute Gasteiger partial charge is 0.509 e. The highest BCUT2D eigenvalue weighted by atomic mass is 35.5. The number of nitrogens with zero attached hydrogens (tertiary/aromatic N) is 3. The number of nitrogens with one attached hydrogen (secondary N) is 1. The van der Waals surface area contributed by atoms with Gasteiger partial charge in [-0.15, -0.1) is 0 Å². The van der Waals surface area contributed by atoms with Gasteiger partial charge in [0.1, 0.15) is 23.2 Å². The molecule has 0 saturated heterocycles. The van der Waals surface area contributed by atoms with Crippen molar-refractivity contribution in [3.63, 3.8) is 0 Å². The second-order valence-electron chi connectivity index (χ2n) is 6.54. The molecular formula is C20H19ClN4O2. The van der Waals surface area contributed by atoms with Crippen molar-refractivity contribution >= 4 is 39.7 Å². The van der Waals surface area contributed by atoms with E-state index in [4.69, 9.17) is 21.7 Å². The number of rotatable bonds is 3. The van der Waals surface area contributed by atoms with Gasteiger partial charge in [-0.2, -0.15) is 0 Å². The Bertz CT molecular complexity index is 1120. The summed E-state index contributed by atoms with van der Waals surface area (Å²) in [5, 5.41) is 19.9. The van der Waals surface area contributed by atoms with Crippen LogP contribution < -0.4 is 9.64 Å². The summed E-state index contributed by atoms with van der Waals surface area (Å²) in [6.45, 7) is 2.16. The molecule has 2 heterocycles. The summed E-state index contributed by atoms with van der Waals surface area (Å²) in [5.41, 5.74) is 3.85. The van der Waals surface area contributed by atoms with Crippen LogP contribution >= 0.6 is 11.6 Å². The number of aliphatic hydroxyl groups is 1. The first-order valence-corrected chi connectivity index (χ1v) is 8.84. The van der Waals surface area contributed by atoms with E-state index in [2.05, 4.69) is 4.98 Å². The van der Waals surface area contributed by atoms with E-state index in [0.29, 0.717) is 22.2 Å². The zero-order valence-electron chi connectivity index (χ0n) is 15.2. The van der Waals surface area contributed by atoms with Gasteiger partial charge in [0.2, 0.25) is 0 Å². The summed E-state index contributed by atoms with van der Waals surface area (Å²) >= 11 is 6.14. The van der Waals surface area contributed by atoms with Gasteiger partial charge in [-0.3, -0.25) is 5.41 Å². The minimum Gasteiger partial charge on any atom is -0.509 e. The summed E-state index contributed by atoms with van der Waals surface area (Å²) in [6, 6.07) is 11.1. The van der Waals surface area contributed by atoms with E-state index in [1.807, 2.05) is 48.9 Å². The number of aromatic nitrogens is 2. The lowest BCUT2D eigenvalue weighted by atomic mass is 10.1. The molecule has 27 heavy (non-hydrogen) atoms. The standard InChI is InChI=1S/C20H19ClN4O2/c1-11-4-5-12(21)8-16(11)25-10-17(26)18(19(25)22)20-23-14-9-13(27-3)6-7-15(14)24(20)2/h4-9,22,26H,10H2,1-3H3. The molecule has 0 unspecified atom stereocenters. The van der Waals surface area contributed by atoms with E-state index in [1.54, 1.807) is 18.1 Å². The number of fused-ring (bicyclic) bond motifs is 1. The maximum absolute atomic E-state index is 10.6. The van der Waals surface area contributed by atoms with Crippen LogP contribution in [-0.2, 0) is 7.05 Å². The van der Waals surface area contributed by atoms with E-state index in [-0.39, 0.29) is 18.1 Å². The van der Waals surface area contributed by atoms with Crippen molar-refractivity contribution in [1.82, 2.24) is 9.55 Å². The van der Waals surface area contributed by atoms with E-state index >= 15 is 0 Å². The van der Waals surface area contributed by atoms with Crippen molar-refractivity contribution in [2.45, 2.75) is 6.92 Å². The van der Waals surface area contributed by atoms with Crippen molar-refractivity contribution in [3.05, 3.63) is 58.6 Å². The number of ether oxygens (including phenoxy) is 1. The maximum atomic E-state index is 10.6. The normalized spacial score (nSPS) is 14.5. The van der Waals surface area contributed by atoms with E-state index < -0.39 is 0 Å². The number of benzene rings is 2. The molecule has 4 rings (SSSR count). The number of halogens is 1. The van der Waals surface area contributed by atoms with Gasteiger partial charge in [-0.25, -0.2) is 4.98 Å². The third-order valence-corrected chi connectivity index (χ3v) is 5.11. The van der Waals surface area contributed by atoms with Crippen LogP contribution in [0.15, 0.2) is 42.2 Å². The number of aliphatic hydroxyl groups excluding tert-OH is 1.